The number of aryl methyl sites for hydroxylation is 2. The van der Waals surface area contributed by atoms with E-state index in [1.807, 2.05) is 31.2 Å². The number of hydrogen-bond donors (Lipinski definition) is 1. The topological polar surface area (TPSA) is 85.2 Å². The van der Waals surface area contributed by atoms with Gasteiger partial charge in [-0.15, -0.1) is 0 Å². The van der Waals surface area contributed by atoms with Crippen LogP contribution in [0.2, 0.25) is 0 Å². The Bertz CT molecular complexity index is 963. The highest BCUT2D eigenvalue weighted by Crippen LogP contribution is 2.37. The lowest BCUT2D eigenvalue weighted by atomic mass is 10.0. The van der Waals surface area contributed by atoms with E-state index in [2.05, 4.69) is 10.1 Å². The minimum Gasteiger partial charge on any atom is -0.497 e. The zero-order valence-electron chi connectivity index (χ0n) is 13.9. The van der Waals surface area contributed by atoms with Crippen molar-refractivity contribution in [3.8, 4) is 28.1 Å². The molecule has 0 saturated carbocycles. The van der Waals surface area contributed by atoms with Crippen LogP contribution in [0.1, 0.15) is 11.5 Å². The summed E-state index contributed by atoms with van der Waals surface area (Å²) in [5, 5.41) is 4.12. The molecule has 6 nitrogen and oxygen atoms in total. The largest absolute Gasteiger partial charge is 0.497 e. The Labute approximate surface area is 140 Å². The van der Waals surface area contributed by atoms with E-state index in [-0.39, 0.29) is 5.03 Å². The highest BCUT2D eigenvalue weighted by molar-refractivity contribution is 7.90. The minimum absolute atomic E-state index is 0.156. The predicted octanol–water partition coefficient (Wildman–Crippen LogP) is 3.37. The van der Waals surface area contributed by atoms with Crippen molar-refractivity contribution >= 4 is 9.84 Å². The van der Waals surface area contributed by atoms with Crippen molar-refractivity contribution in [1.82, 2.24) is 10.1 Å². The van der Waals surface area contributed by atoms with E-state index in [0.717, 1.165) is 22.4 Å². The molecule has 0 aliphatic heterocycles. The number of H-pyrrole nitrogens is 1. The van der Waals surface area contributed by atoms with Crippen molar-refractivity contribution in [2.75, 3.05) is 13.4 Å². The molecule has 0 aliphatic rings. The SMILES string of the molecule is COc1ccc(-c2cc(S(C)(=O)=O)[nH]c2-c2c(C)noc2C)cc1. The molecule has 0 unspecified atom stereocenters. The van der Waals surface area contributed by atoms with Gasteiger partial charge < -0.3 is 14.2 Å². The number of hydrogen-bond acceptors (Lipinski definition) is 5. The Morgan fingerprint density at radius 3 is 2.33 bits per heavy atom. The number of benzene rings is 1. The van der Waals surface area contributed by atoms with Crippen LogP contribution in [0, 0.1) is 13.8 Å². The average molecular weight is 346 g/mol. The van der Waals surface area contributed by atoms with Gasteiger partial charge in [-0.1, -0.05) is 17.3 Å². The van der Waals surface area contributed by atoms with E-state index in [0.29, 0.717) is 17.1 Å². The fourth-order valence-electron chi connectivity index (χ4n) is 2.66. The van der Waals surface area contributed by atoms with Crippen LogP contribution in [-0.2, 0) is 9.84 Å². The molecule has 126 valence electrons. The number of ether oxygens (including phenoxy) is 1. The zero-order valence-corrected chi connectivity index (χ0v) is 14.7. The maximum Gasteiger partial charge on any atom is 0.190 e. The maximum atomic E-state index is 12.0. The fourth-order valence-corrected chi connectivity index (χ4v) is 3.28. The van der Waals surface area contributed by atoms with E-state index >= 15 is 0 Å². The summed E-state index contributed by atoms with van der Waals surface area (Å²) in [6, 6.07) is 9.07. The molecule has 1 N–H and O–H groups in total. The number of aromatic nitrogens is 2. The second kappa shape index (κ2) is 5.83. The van der Waals surface area contributed by atoms with Crippen LogP contribution in [0.15, 0.2) is 39.9 Å². The van der Waals surface area contributed by atoms with Crippen molar-refractivity contribution in [3.63, 3.8) is 0 Å². The number of nitrogens with one attached hydrogen (secondary N) is 1. The lowest BCUT2D eigenvalue weighted by molar-refractivity contribution is 0.393. The third kappa shape index (κ3) is 2.82. The smallest absolute Gasteiger partial charge is 0.190 e. The predicted molar refractivity (Wildman–Crippen MR) is 90.9 cm³/mol. The van der Waals surface area contributed by atoms with Crippen LogP contribution in [-0.4, -0.2) is 31.9 Å². The number of methoxy groups -OCH3 is 1. The first-order valence-electron chi connectivity index (χ1n) is 7.32. The van der Waals surface area contributed by atoms with Crippen LogP contribution in [0.5, 0.6) is 5.75 Å². The Balaban J connectivity index is 2.25. The monoisotopic (exact) mass is 346 g/mol. The molecule has 0 atom stereocenters. The summed E-state index contributed by atoms with van der Waals surface area (Å²) in [7, 11) is -1.77. The number of aromatic amines is 1. The molecule has 3 aromatic rings. The summed E-state index contributed by atoms with van der Waals surface area (Å²) < 4.78 is 34.4. The number of rotatable bonds is 4. The first-order chi connectivity index (χ1) is 11.3. The molecular formula is C17H18N2O4S. The van der Waals surface area contributed by atoms with Gasteiger partial charge in [0.05, 0.1) is 24.1 Å². The molecule has 3 rings (SSSR count). The van der Waals surface area contributed by atoms with Gasteiger partial charge in [0.2, 0.25) is 0 Å². The third-order valence-corrected chi connectivity index (χ3v) is 4.90. The number of nitrogens with zero attached hydrogens (tertiary/aromatic N) is 1. The third-order valence-electron chi connectivity index (χ3n) is 3.88. The van der Waals surface area contributed by atoms with Crippen molar-refractivity contribution in [3.05, 3.63) is 41.8 Å². The Kier molecular flexibility index (Phi) is 3.96. The molecule has 0 fully saturated rings. The van der Waals surface area contributed by atoms with E-state index in [4.69, 9.17) is 9.26 Å². The fraction of sp³-hybridized carbons (Fsp3) is 0.235. The number of sulfone groups is 1. The molecule has 0 bridgehead atoms. The van der Waals surface area contributed by atoms with Gasteiger partial charge in [-0.2, -0.15) is 0 Å². The van der Waals surface area contributed by atoms with E-state index in [1.165, 1.54) is 6.26 Å². The van der Waals surface area contributed by atoms with E-state index in [1.54, 1.807) is 20.1 Å². The second-order valence-corrected chi connectivity index (χ2v) is 7.61. The standard InChI is InChI=1S/C17H18N2O4S/c1-10-16(11(2)23-19-10)17-14(9-15(18-17)24(4,20)21)12-5-7-13(22-3)8-6-12/h5-9,18H,1-4H3. The van der Waals surface area contributed by atoms with E-state index in [9.17, 15) is 8.42 Å². The van der Waals surface area contributed by atoms with Crippen molar-refractivity contribution in [2.24, 2.45) is 0 Å². The van der Waals surface area contributed by atoms with Gasteiger partial charge in [0.1, 0.15) is 16.5 Å². The first-order valence-corrected chi connectivity index (χ1v) is 9.21. The van der Waals surface area contributed by atoms with E-state index < -0.39 is 9.84 Å². The van der Waals surface area contributed by atoms with Gasteiger partial charge in [0.25, 0.3) is 0 Å². The van der Waals surface area contributed by atoms with Crippen LogP contribution in [0.4, 0.5) is 0 Å². The summed E-state index contributed by atoms with van der Waals surface area (Å²) in [6.07, 6.45) is 1.17. The molecule has 0 saturated heterocycles. The molecule has 2 heterocycles. The first kappa shape index (κ1) is 16.3. The molecule has 0 amide bonds. The van der Waals surface area contributed by atoms with Crippen molar-refractivity contribution < 1.29 is 17.7 Å². The highest BCUT2D eigenvalue weighted by atomic mass is 32.2. The molecule has 24 heavy (non-hydrogen) atoms. The van der Waals surface area contributed by atoms with Crippen molar-refractivity contribution in [2.45, 2.75) is 18.9 Å². The Morgan fingerprint density at radius 2 is 1.83 bits per heavy atom. The summed E-state index contributed by atoms with van der Waals surface area (Å²) in [5.41, 5.74) is 3.79. The summed E-state index contributed by atoms with van der Waals surface area (Å²) in [6.45, 7) is 3.62. The lowest BCUT2D eigenvalue weighted by Crippen LogP contribution is -1.96. The molecule has 0 aliphatic carbocycles. The van der Waals surface area contributed by atoms with Gasteiger partial charge >= 0.3 is 0 Å². The van der Waals surface area contributed by atoms with Crippen molar-refractivity contribution in [1.29, 1.82) is 0 Å². The summed E-state index contributed by atoms with van der Waals surface area (Å²) >= 11 is 0. The molecule has 0 spiro atoms. The Hall–Kier alpha value is -2.54. The minimum atomic E-state index is -3.37. The normalized spacial score (nSPS) is 11.7. The lowest BCUT2D eigenvalue weighted by Gasteiger charge is -2.05. The van der Waals surface area contributed by atoms with Gasteiger partial charge in [0.15, 0.2) is 9.84 Å². The average Bonchev–Trinajstić information content (AvgIpc) is 3.11. The summed E-state index contributed by atoms with van der Waals surface area (Å²) in [4.78, 5) is 3.01. The van der Waals surface area contributed by atoms with Crippen LogP contribution in [0.25, 0.3) is 22.4 Å². The highest BCUT2D eigenvalue weighted by Gasteiger charge is 2.22. The molecule has 0 radical (unpaired) electrons. The van der Waals surface area contributed by atoms with Gasteiger partial charge in [-0.3, -0.25) is 0 Å². The molecule has 7 heteroatoms. The summed E-state index contributed by atoms with van der Waals surface area (Å²) in [5.74, 6) is 1.36. The van der Waals surface area contributed by atoms with Crippen LogP contribution < -0.4 is 4.74 Å². The molecule has 1 aromatic carbocycles. The van der Waals surface area contributed by atoms with Crippen LogP contribution >= 0.6 is 0 Å². The molecule has 2 aromatic heterocycles. The van der Waals surface area contributed by atoms with Gasteiger partial charge in [-0.05, 0) is 37.6 Å². The van der Waals surface area contributed by atoms with Crippen LogP contribution in [0.3, 0.4) is 0 Å². The Morgan fingerprint density at radius 1 is 1.17 bits per heavy atom. The zero-order chi connectivity index (χ0) is 17.5. The second-order valence-electron chi connectivity index (χ2n) is 5.62. The van der Waals surface area contributed by atoms with Gasteiger partial charge in [0, 0.05) is 11.8 Å². The maximum absolute atomic E-state index is 12.0. The molecular weight excluding hydrogens is 328 g/mol. The quantitative estimate of drug-likeness (QED) is 0.783. The van der Waals surface area contributed by atoms with Gasteiger partial charge in [-0.25, -0.2) is 8.42 Å².